The van der Waals surface area contributed by atoms with E-state index in [1.807, 2.05) is 18.2 Å². The van der Waals surface area contributed by atoms with Gasteiger partial charge in [-0.2, -0.15) is 0 Å². The van der Waals surface area contributed by atoms with Crippen LogP contribution in [-0.4, -0.2) is 25.1 Å². The Kier molecular flexibility index (Phi) is 6.24. The van der Waals surface area contributed by atoms with Crippen LogP contribution in [-0.2, 0) is 4.74 Å². The van der Waals surface area contributed by atoms with Gasteiger partial charge in [-0.1, -0.05) is 38.3 Å². The molecule has 0 amide bonds. The molecule has 1 aromatic carbocycles. The molecule has 0 saturated heterocycles. The van der Waals surface area contributed by atoms with E-state index in [4.69, 9.17) is 9.47 Å². The minimum atomic E-state index is 0.0320. The summed E-state index contributed by atoms with van der Waals surface area (Å²) in [7, 11) is 0. The molecule has 1 aliphatic carbocycles. The maximum absolute atomic E-state index is 11.5. The third kappa shape index (κ3) is 4.85. The summed E-state index contributed by atoms with van der Waals surface area (Å²) in [6.45, 7) is 4.91. The summed E-state index contributed by atoms with van der Waals surface area (Å²) in [5.41, 5.74) is 0.640. The van der Waals surface area contributed by atoms with E-state index in [0.717, 1.165) is 5.92 Å². The first kappa shape index (κ1) is 16.0. The van der Waals surface area contributed by atoms with Gasteiger partial charge in [-0.15, -0.1) is 0 Å². The fraction of sp³-hybridized carbons (Fsp3) is 0.611. The first-order valence-corrected chi connectivity index (χ1v) is 8.05. The van der Waals surface area contributed by atoms with Gasteiger partial charge in [0.1, 0.15) is 12.4 Å². The van der Waals surface area contributed by atoms with Crippen LogP contribution in [0.3, 0.4) is 0 Å². The largest absolute Gasteiger partial charge is 0.490 e. The van der Waals surface area contributed by atoms with E-state index < -0.39 is 0 Å². The first-order valence-electron chi connectivity index (χ1n) is 8.05. The summed E-state index contributed by atoms with van der Waals surface area (Å²) in [4.78, 5) is 11.5. The monoisotopic (exact) mass is 290 g/mol. The molecule has 0 radical (unpaired) electrons. The van der Waals surface area contributed by atoms with Crippen LogP contribution in [0.5, 0.6) is 5.75 Å². The summed E-state index contributed by atoms with van der Waals surface area (Å²) in [6.07, 6.45) is 6.61. The van der Waals surface area contributed by atoms with E-state index >= 15 is 0 Å². The molecule has 2 unspecified atom stereocenters. The lowest BCUT2D eigenvalue weighted by Gasteiger charge is -2.28. The molecule has 0 aliphatic heterocycles. The first-order chi connectivity index (χ1) is 10.2. The van der Waals surface area contributed by atoms with Gasteiger partial charge in [0, 0.05) is 0 Å². The highest BCUT2D eigenvalue weighted by Gasteiger charge is 2.21. The summed E-state index contributed by atoms with van der Waals surface area (Å²) in [5.74, 6) is 1.51. The van der Waals surface area contributed by atoms with E-state index in [0.29, 0.717) is 30.6 Å². The van der Waals surface area contributed by atoms with Gasteiger partial charge in [-0.3, -0.25) is 4.79 Å². The molecule has 0 heterocycles. The van der Waals surface area contributed by atoms with Crippen LogP contribution in [0.25, 0.3) is 0 Å². The van der Waals surface area contributed by atoms with E-state index in [9.17, 15) is 4.79 Å². The minimum absolute atomic E-state index is 0.0320. The zero-order valence-corrected chi connectivity index (χ0v) is 13.1. The maximum Gasteiger partial charge on any atom is 0.163 e. The van der Waals surface area contributed by atoms with E-state index in [1.165, 1.54) is 32.1 Å². The lowest BCUT2D eigenvalue weighted by Crippen LogP contribution is -2.24. The van der Waals surface area contributed by atoms with Crippen molar-refractivity contribution in [3.05, 3.63) is 29.8 Å². The van der Waals surface area contributed by atoms with Crippen LogP contribution < -0.4 is 4.74 Å². The smallest absolute Gasteiger partial charge is 0.163 e. The average molecular weight is 290 g/mol. The molecule has 0 spiro atoms. The molecular formula is C18H26O3. The van der Waals surface area contributed by atoms with Gasteiger partial charge in [-0.05, 0) is 37.8 Å². The van der Waals surface area contributed by atoms with Crippen molar-refractivity contribution in [1.29, 1.82) is 0 Å². The van der Waals surface area contributed by atoms with E-state index in [-0.39, 0.29) is 5.78 Å². The normalized spacial score (nSPS) is 22.0. The number of ether oxygens (including phenoxy) is 2. The Labute approximate surface area is 127 Å². The second-order valence-electron chi connectivity index (χ2n) is 5.83. The van der Waals surface area contributed by atoms with Gasteiger partial charge < -0.3 is 9.47 Å². The van der Waals surface area contributed by atoms with Crippen molar-refractivity contribution >= 4 is 5.78 Å². The Hall–Kier alpha value is -1.35. The quantitative estimate of drug-likeness (QED) is 0.556. The van der Waals surface area contributed by atoms with Crippen LogP contribution in [0.4, 0.5) is 0 Å². The molecule has 1 aliphatic rings. The topological polar surface area (TPSA) is 35.5 Å². The van der Waals surface area contributed by atoms with E-state index in [2.05, 4.69) is 6.92 Å². The number of hydrogen-bond acceptors (Lipinski definition) is 3. The van der Waals surface area contributed by atoms with Crippen LogP contribution in [0.1, 0.15) is 56.3 Å². The van der Waals surface area contributed by atoms with Gasteiger partial charge in [0.15, 0.2) is 5.78 Å². The van der Waals surface area contributed by atoms with E-state index in [1.54, 1.807) is 13.0 Å². The number of carbonyl (C=O) groups excluding carboxylic acids is 1. The summed E-state index contributed by atoms with van der Waals surface area (Å²) < 4.78 is 11.6. The van der Waals surface area contributed by atoms with Crippen molar-refractivity contribution < 1.29 is 14.3 Å². The second-order valence-corrected chi connectivity index (χ2v) is 5.83. The van der Waals surface area contributed by atoms with Gasteiger partial charge in [0.2, 0.25) is 0 Å². The highest BCUT2D eigenvalue weighted by Crippen LogP contribution is 2.28. The lowest BCUT2D eigenvalue weighted by atomic mass is 9.85. The summed E-state index contributed by atoms with van der Waals surface area (Å²) in [6, 6.07) is 7.37. The number of hydrogen-bond donors (Lipinski definition) is 0. The number of para-hydroxylation sites is 1. The predicted molar refractivity (Wildman–Crippen MR) is 83.9 cm³/mol. The van der Waals surface area contributed by atoms with Crippen LogP contribution in [0, 0.1) is 5.92 Å². The maximum atomic E-state index is 11.5. The Balaban J connectivity index is 1.74. The van der Waals surface area contributed by atoms with Crippen molar-refractivity contribution in [3.63, 3.8) is 0 Å². The molecule has 1 saturated carbocycles. The molecule has 0 bridgehead atoms. The Bertz CT molecular complexity index is 456. The molecule has 3 nitrogen and oxygen atoms in total. The number of carbonyl (C=O) groups is 1. The van der Waals surface area contributed by atoms with Crippen molar-refractivity contribution in [3.8, 4) is 5.75 Å². The fourth-order valence-electron chi connectivity index (χ4n) is 3.01. The number of rotatable bonds is 7. The predicted octanol–water partition coefficient (Wildman–Crippen LogP) is 4.25. The van der Waals surface area contributed by atoms with Gasteiger partial charge >= 0.3 is 0 Å². The SMILES string of the molecule is CCC1CCCC(OCCOc2ccccc2C(C)=O)C1. The minimum Gasteiger partial charge on any atom is -0.490 e. The third-order valence-electron chi connectivity index (χ3n) is 4.27. The van der Waals surface area contributed by atoms with Gasteiger partial charge in [-0.25, -0.2) is 0 Å². The van der Waals surface area contributed by atoms with Crippen molar-refractivity contribution in [2.75, 3.05) is 13.2 Å². The highest BCUT2D eigenvalue weighted by atomic mass is 16.5. The molecule has 0 aromatic heterocycles. The zero-order chi connectivity index (χ0) is 15.1. The lowest BCUT2D eigenvalue weighted by molar-refractivity contribution is -0.000748. The summed E-state index contributed by atoms with van der Waals surface area (Å²) >= 11 is 0. The van der Waals surface area contributed by atoms with Crippen LogP contribution in [0.15, 0.2) is 24.3 Å². The average Bonchev–Trinajstić information content (AvgIpc) is 2.52. The molecule has 1 aromatic rings. The molecular weight excluding hydrogens is 264 g/mol. The Morgan fingerprint density at radius 2 is 2.05 bits per heavy atom. The van der Waals surface area contributed by atoms with Crippen LogP contribution in [0.2, 0.25) is 0 Å². The molecule has 3 heteroatoms. The van der Waals surface area contributed by atoms with Crippen molar-refractivity contribution in [1.82, 2.24) is 0 Å². The van der Waals surface area contributed by atoms with Gasteiger partial charge in [0.25, 0.3) is 0 Å². The van der Waals surface area contributed by atoms with Crippen LogP contribution >= 0.6 is 0 Å². The van der Waals surface area contributed by atoms with Crippen molar-refractivity contribution in [2.45, 2.75) is 52.1 Å². The second kappa shape index (κ2) is 8.18. The molecule has 0 N–H and O–H groups in total. The molecule has 2 atom stereocenters. The Morgan fingerprint density at radius 3 is 2.81 bits per heavy atom. The molecule has 1 fully saturated rings. The van der Waals surface area contributed by atoms with Crippen molar-refractivity contribution in [2.24, 2.45) is 5.92 Å². The Morgan fingerprint density at radius 1 is 1.24 bits per heavy atom. The van der Waals surface area contributed by atoms with Gasteiger partial charge in [0.05, 0.1) is 18.3 Å². The number of ketones is 1. The molecule has 2 rings (SSSR count). The fourth-order valence-corrected chi connectivity index (χ4v) is 3.01. The number of benzene rings is 1. The summed E-state index contributed by atoms with van der Waals surface area (Å²) in [5, 5.41) is 0. The molecule has 21 heavy (non-hydrogen) atoms. The highest BCUT2D eigenvalue weighted by molar-refractivity contribution is 5.96. The zero-order valence-electron chi connectivity index (χ0n) is 13.1. The number of Topliss-reactive ketones (excluding diaryl/α,β-unsaturated/α-hetero) is 1. The third-order valence-corrected chi connectivity index (χ3v) is 4.27. The molecule has 116 valence electrons. The standard InChI is InChI=1S/C18H26O3/c1-3-15-7-6-8-16(13-15)20-11-12-21-18-10-5-4-9-17(18)14(2)19/h4-5,9-10,15-16H,3,6-8,11-13H2,1-2H3.